The predicted octanol–water partition coefficient (Wildman–Crippen LogP) is 5.06. The Morgan fingerprint density at radius 3 is 2.21 bits per heavy atom. The molecule has 3 aromatic rings. The average Bonchev–Trinajstić information content (AvgIpc) is 3.25. The van der Waals surface area contributed by atoms with E-state index in [1.54, 1.807) is 0 Å². The number of hydrogen-bond donors (Lipinski definition) is 0. The Bertz CT molecular complexity index is 1170. The molecule has 0 radical (unpaired) electrons. The molecule has 6 heteroatoms. The summed E-state index contributed by atoms with van der Waals surface area (Å²) in [6, 6.07) is 28.3. The van der Waals surface area contributed by atoms with Crippen molar-refractivity contribution in [3.63, 3.8) is 0 Å². The van der Waals surface area contributed by atoms with Crippen LogP contribution < -0.4 is 9.64 Å². The molecule has 0 atom stereocenters. The molecule has 0 N–H and O–H groups in total. The highest BCUT2D eigenvalue weighted by atomic mass is 32.2. The van der Waals surface area contributed by atoms with E-state index < -0.39 is 0 Å². The minimum Gasteiger partial charge on any atom is -0.488 e. The van der Waals surface area contributed by atoms with Crippen molar-refractivity contribution in [3.8, 4) is 5.75 Å². The van der Waals surface area contributed by atoms with Gasteiger partial charge in [-0.05, 0) is 41.6 Å². The number of carbonyl (C=O) groups excluding carboxylic acids is 1. The molecule has 2 heterocycles. The van der Waals surface area contributed by atoms with Crippen LogP contribution in [0.2, 0.25) is 0 Å². The number of amides is 1. The summed E-state index contributed by atoms with van der Waals surface area (Å²) < 4.78 is 6.05. The van der Waals surface area contributed by atoms with Gasteiger partial charge in [-0.2, -0.15) is 4.99 Å². The first kappa shape index (κ1) is 21.3. The number of aliphatic imine (C=N–C) groups is 1. The summed E-state index contributed by atoms with van der Waals surface area (Å²) in [6.45, 7) is 3.99. The van der Waals surface area contributed by atoms with E-state index in [9.17, 15) is 4.79 Å². The maximum Gasteiger partial charge on any atom is 0.286 e. The lowest BCUT2D eigenvalue weighted by molar-refractivity contribution is -0.113. The van der Waals surface area contributed by atoms with E-state index in [-0.39, 0.29) is 5.91 Å². The van der Waals surface area contributed by atoms with E-state index in [1.807, 2.05) is 66.7 Å². The highest BCUT2D eigenvalue weighted by Crippen LogP contribution is 2.33. The molecule has 5 nitrogen and oxygen atoms in total. The topological polar surface area (TPSA) is 45.1 Å². The number of benzene rings is 3. The molecule has 33 heavy (non-hydrogen) atoms. The van der Waals surface area contributed by atoms with E-state index in [4.69, 9.17) is 4.74 Å². The van der Waals surface area contributed by atoms with Crippen molar-refractivity contribution in [2.75, 3.05) is 31.1 Å². The standard InChI is InChI=1S/C27H25N3O2S/c31-26-25(19-22-11-7-8-14-24(22)32-20-21-9-3-1-4-10-21)33-27(28-26)30-17-15-29(16-18-30)23-12-5-2-6-13-23/h1-14,19H,15-18,20H2. The molecule has 0 unspecified atom stereocenters. The van der Waals surface area contributed by atoms with Crippen LogP contribution in [0.1, 0.15) is 11.1 Å². The smallest absolute Gasteiger partial charge is 0.286 e. The van der Waals surface area contributed by atoms with Crippen LogP contribution in [0, 0.1) is 0 Å². The first-order chi connectivity index (χ1) is 16.3. The Hall–Kier alpha value is -3.51. The van der Waals surface area contributed by atoms with E-state index in [0.717, 1.165) is 48.2 Å². The second-order valence-corrected chi connectivity index (χ2v) is 8.94. The summed E-state index contributed by atoms with van der Waals surface area (Å²) in [7, 11) is 0. The van der Waals surface area contributed by atoms with Crippen molar-refractivity contribution < 1.29 is 9.53 Å². The van der Waals surface area contributed by atoms with Gasteiger partial charge in [0, 0.05) is 37.4 Å². The van der Waals surface area contributed by atoms with Crippen LogP contribution in [0.3, 0.4) is 0 Å². The second-order valence-electron chi connectivity index (χ2n) is 7.93. The summed E-state index contributed by atoms with van der Waals surface area (Å²) in [4.78, 5) is 22.2. The summed E-state index contributed by atoms with van der Waals surface area (Å²) >= 11 is 1.45. The molecule has 166 valence electrons. The van der Waals surface area contributed by atoms with Gasteiger partial charge < -0.3 is 14.5 Å². The minimum atomic E-state index is -0.182. The molecule has 1 amide bonds. The van der Waals surface area contributed by atoms with Crippen LogP contribution in [0.25, 0.3) is 6.08 Å². The molecule has 0 aliphatic carbocycles. The lowest BCUT2D eigenvalue weighted by Gasteiger charge is -2.36. The van der Waals surface area contributed by atoms with E-state index in [1.165, 1.54) is 17.4 Å². The molecule has 0 bridgehead atoms. The SMILES string of the molecule is O=C1N=C(N2CCN(c3ccccc3)CC2)SC1=Cc1ccccc1OCc1ccccc1. The molecule has 1 fully saturated rings. The van der Waals surface area contributed by atoms with Gasteiger partial charge in [0.05, 0.1) is 4.91 Å². The number of carbonyl (C=O) groups is 1. The van der Waals surface area contributed by atoms with Gasteiger partial charge in [0.1, 0.15) is 12.4 Å². The molecule has 2 aliphatic heterocycles. The predicted molar refractivity (Wildman–Crippen MR) is 135 cm³/mol. The number of ether oxygens (including phenoxy) is 1. The van der Waals surface area contributed by atoms with Crippen molar-refractivity contribution >= 4 is 34.6 Å². The van der Waals surface area contributed by atoms with Crippen LogP contribution in [-0.2, 0) is 11.4 Å². The van der Waals surface area contributed by atoms with Gasteiger partial charge in [-0.25, -0.2) is 0 Å². The minimum absolute atomic E-state index is 0.182. The van der Waals surface area contributed by atoms with Crippen molar-refractivity contribution in [1.82, 2.24) is 4.90 Å². The highest BCUT2D eigenvalue weighted by molar-refractivity contribution is 8.18. The molecule has 0 aromatic heterocycles. The van der Waals surface area contributed by atoms with Gasteiger partial charge in [-0.15, -0.1) is 0 Å². The second kappa shape index (κ2) is 9.96. The third-order valence-electron chi connectivity index (χ3n) is 5.72. The summed E-state index contributed by atoms with van der Waals surface area (Å²) in [5.74, 6) is 0.575. The molecule has 2 aliphatic rings. The molecule has 5 rings (SSSR count). The number of rotatable bonds is 5. The van der Waals surface area contributed by atoms with Gasteiger partial charge in [0.15, 0.2) is 5.17 Å². The molecular formula is C27H25N3O2S. The maximum atomic E-state index is 12.7. The lowest BCUT2D eigenvalue weighted by atomic mass is 10.2. The Kier molecular flexibility index (Phi) is 6.44. The van der Waals surface area contributed by atoms with E-state index >= 15 is 0 Å². The first-order valence-corrected chi connectivity index (χ1v) is 11.9. The van der Waals surface area contributed by atoms with Gasteiger partial charge in [0.2, 0.25) is 0 Å². The maximum absolute atomic E-state index is 12.7. The summed E-state index contributed by atoms with van der Waals surface area (Å²) in [5, 5.41) is 0.793. The van der Waals surface area contributed by atoms with Crippen LogP contribution in [0.15, 0.2) is 94.8 Å². The Balaban J connectivity index is 1.23. The largest absolute Gasteiger partial charge is 0.488 e. The third-order valence-corrected chi connectivity index (χ3v) is 6.77. The van der Waals surface area contributed by atoms with Crippen LogP contribution >= 0.6 is 11.8 Å². The number of piperazine rings is 1. The summed E-state index contributed by atoms with van der Waals surface area (Å²) in [5.41, 5.74) is 3.23. The molecule has 0 spiro atoms. The van der Waals surface area contributed by atoms with Crippen molar-refractivity contribution in [3.05, 3.63) is 101 Å². The summed E-state index contributed by atoms with van der Waals surface area (Å²) in [6.07, 6.45) is 1.89. The fourth-order valence-corrected chi connectivity index (χ4v) is 4.89. The van der Waals surface area contributed by atoms with E-state index in [0.29, 0.717) is 11.5 Å². The molecule has 1 saturated heterocycles. The molecule has 3 aromatic carbocycles. The monoisotopic (exact) mass is 455 g/mol. The van der Waals surface area contributed by atoms with Gasteiger partial charge in [-0.1, -0.05) is 66.7 Å². The van der Waals surface area contributed by atoms with Crippen molar-refractivity contribution in [1.29, 1.82) is 0 Å². The van der Waals surface area contributed by atoms with Gasteiger partial charge in [0.25, 0.3) is 5.91 Å². The van der Waals surface area contributed by atoms with E-state index in [2.05, 4.69) is 39.1 Å². The zero-order valence-electron chi connectivity index (χ0n) is 18.3. The quantitative estimate of drug-likeness (QED) is 0.504. The number of anilines is 1. The molecule has 0 saturated carbocycles. The van der Waals surface area contributed by atoms with Crippen molar-refractivity contribution in [2.24, 2.45) is 4.99 Å². The molecular weight excluding hydrogens is 430 g/mol. The number of para-hydroxylation sites is 2. The fourth-order valence-electron chi connectivity index (χ4n) is 3.94. The first-order valence-electron chi connectivity index (χ1n) is 11.1. The average molecular weight is 456 g/mol. The van der Waals surface area contributed by atoms with Gasteiger partial charge in [-0.3, -0.25) is 4.79 Å². The Morgan fingerprint density at radius 2 is 1.45 bits per heavy atom. The third kappa shape index (κ3) is 5.12. The highest BCUT2D eigenvalue weighted by Gasteiger charge is 2.28. The van der Waals surface area contributed by atoms with Crippen LogP contribution in [0.5, 0.6) is 5.75 Å². The Morgan fingerprint density at radius 1 is 0.818 bits per heavy atom. The number of amidine groups is 1. The normalized spacial score (nSPS) is 17.4. The fraction of sp³-hybridized carbons (Fsp3) is 0.185. The van der Waals surface area contributed by atoms with Gasteiger partial charge >= 0.3 is 0 Å². The Labute approximate surface area is 198 Å². The lowest BCUT2D eigenvalue weighted by Crippen LogP contribution is -2.47. The van der Waals surface area contributed by atoms with Crippen LogP contribution in [-0.4, -0.2) is 42.2 Å². The zero-order chi connectivity index (χ0) is 22.5. The zero-order valence-corrected chi connectivity index (χ0v) is 19.1. The number of nitrogens with zero attached hydrogens (tertiary/aromatic N) is 3. The number of thioether (sulfide) groups is 1. The van der Waals surface area contributed by atoms with Crippen LogP contribution in [0.4, 0.5) is 5.69 Å². The van der Waals surface area contributed by atoms with Crippen molar-refractivity contribution in [2.45, 2.75) is 6.61 Å². The number of hydrogen-bond acceptors (Lipinski definition) is 5.